The fourth-order valence-electron chi connectivity index (χ4n) is 4.01. The Hall–Kier alpha value is -2.96. The number of hydrogen-bond donors (Lipinski definition) is 1. The number of amides is 1. The smallest absolute Gasteiger partial charge is 0.223 e. The molecule has 0 unspecified atom stereocenters. The number of benzene rings is 1. The Morgan fingerprint density at radius 1 is 1.21 bits per heavy atom. The second kappa shape index (κ2) is 8.59. The average Bonchev–Trinajstić information content (AvgIpc) is 3.15. The van der Waals surface area contributed by atoms with Crippen molar-refractivity contribution in [3.63, 3.8) is 0 Å². The highest BCUT2D eigenvalue weighted by Gasteiger charge is 2.25. The summed E-state index contributed by atoms with van der Waals surface area (Å²) in [4.78, 5) is 23.3. The number of rotatable bonds is 6. The largest absolute Gasteiger partial charge is 0.371 e. The Morgan fingerprint density at radius 2 is 2.03 bits per heavy atom. The van der Waals surface area contributed by atoms with Gasteiger partial charge in [0.15, 0.2) is 0 Å². The van der Waals surface area contributed by atoms with Crippen LogP contribution in [0.3, 0.4) is 0 Å². The SMILES string of the molecule is Cc1nccn1CCCNC(=O)C1CCN(c2ccnc3ccc(F)cc23)CC1. The van der Waals surface area contributed by atoms with Crippen molar-refractivity contribution in [2.75, 3.05) is 24.5 Å². The van der Waals surface area contributed by atoms with Gasteiger partial charge in [0.05, 0.1) is 5.52 Å². The number of hydrogen-bond acceptors (Lipinski definition) is 4. The topological polar surface area (TPSA) is 63.1 Å². The number of imidazole rings is 1. The van der Waals surface area contributed by atoms with Crippen molar-refractivity contribution in [2.24, 2.45) is 5.92 Å². The van der Waals surface area contributed by atoms with Gasteiger partial charge in [-0.3, -0.25) is 9.78 Å². The molecule has 3 heterocycles. The fraction of sp³-hybridized carbons (Fsp3) is 0.409. The molecule has 6 nitrogen and oxygen atoms in total. The van der Waals surface area contributed by atoms with Crippen LogP contribution in [0.2, 0.25) is 0 Å². The van der Waals surface area contributed by atoms with Gasteiger partial charge in [-0.15, -0.1) is 0 Å². The van der Waals surface area contributed by atoms with E-state index in [9.17, 15) is 9.18 Å². The molecule has 29 heavy (non-hydrogen) atoms. The molecular formula is C22H26FN5O. The number of halogens is 1. The van der Waals surface area contributed by atoms with E-state index < -0.39 is 0 Å². The maximum absolute atomic E-state index is 13.7. The van der Waals surface area contributed by atoms with Gasteiger partial charge >= 0.3 is 0 Å². The van der Waals surface area contributed by atoms with E-state index in [0.717, 1.165) is 61.3 Å². The van der Waals surface area contributed by atoms with E-state index in [0.29, 0.717) is 6.54 Å². The first kappa shape index (κ1) is 19.4. The molecule has 2 aromatic heterocycles. The number of fused-ring (bicyclic) bond motifs is 1. The summed E-state index contributed by atoms with van der Waals surface area (Å²) in [6, 6.07) is 6.61. The molecule has 3 aromatic rings. The third kappa shape index (κ3) is 4.39. The van der Waals surface area contributed by atoms with Crippen molar-refractivity contribution < 1.29 is 9.18 Å². The zero-order valence-corrected chi connectivity index (χ0v) is 16.6. The molecule has 1 amide bonds. The third-order valence-corrected chi connectivity index (χ3v) is 5.69. The minimum Gasteiger partial charge on any atom is -0.371 e. The van der Waals surface area contributed by atoms with E-state index in [-0.39, 0.29) is 17.6 Å². The third-order valence-electron chi connectivity index (χ3n) is 5.69. The highest BCUT2D eigenvalue weighted by molar-refractivity contribution is 5.91. The molecule has 7 heteroatoms. The number of piperidine rings is 1. The highest BCUT2D eigenvalue weighted by Crippen LogP contribution is 2.29. The molecule has 1 aromatic carbocycles. The molecule has 0 atom stereocenters. The van der Waals surface area contributed by atoms with Crippen LogP contribution in [-0.4, -0.2) is 40.1 Å². The average molecular weight is 395 g/mol. The van der Waals surface area contributed by atoms with Gasteiger partial charge in [0.25, 0.3) is 0 Å². The molecule has 4 rings (SSSR count). The minimum atomic E-state index is -0.257. The monoisotopic (exact) mass is 395 g/mol. The van der Waals surface area contributed by atoms with Crippen LogP contribution in [0.4, 0.5) is 10.1 Å². The van der Waals surface area contributed by atoms with Gasteiger partial charge in [0.1, 0.15) is 11.6 Å². The lowest BCUT2D eigenvalue weighted by molar-refractivity contribution is -0.125. The number of nitrogens with zero attached hydrogens (tertiary/aromatic N) is 4. The summed E-state index contributed by atoms with van der Waals surface area (Å²) in [5.74, 6) is 0.905. The van der Waals surface area contributed by atoms with Crippen molar-refractivity contribution in [3.8, 4) is 0 Å². The van der Waals surface area contributed by atoms with E-state index >= 15 is 0 Å². The van der Waals surface area contributed by atoms with Crippen molar-refractivity contribution in [3.05, 3.63) is 54.5 Å². The first-order valence-electron chi connectivity index (χ1n) is 10.2. The predicted octanol–water partition coefficient (Wildman–Crippen LogP) is 3.30. The first-order valence-corrected chi connectivity index (χ1v) is 10.2. The second-order valence-electron chi connectivity index (χ2n) is 7.57. The van der Waals surface area contributed by atoms with Gasteiger partial charge in [-0.1, -0.05) is 0 Å². The standard InChI is InChI=1S/C22H26FN5O/c1-16-24-10-14-27(16)11-2-8-26-22(29)17-6-12-28(13-7-17)21-5-9-25-20-4-3-18(23)15-19(20)21/h3-5,9-10,14-15,17H,2,6-8,11-13H2,1H3,(H,26,29). The number of carbonyl (C=O) groups is 1. The summed E-state index contributed by atoms with van der Waals surface area (Å²) in [6.45, 7) is 5.07. The molecule has 1 saturated heterocycles. The zero-order valence-electron chi connectivity index (χ0n) is 16.6. The highest BCUT2D eigenvalue weighted by atomic mass is 19.1. The van der Waals surface area contributed by atoms with Crippen LogP contribution >= 0.6 is 0 Å². The van der Waals surface area contributed by atoms with Gasteiger partial charge in [-0.05, 0) is 50.5 Å². The summed E-state index contributed by atoms with van der Waals surface area (Å²) in [7, 11) is 0. The lowest BCUT2D eigenvalue weighted by atomic mass is 9.95. The number of anilines is 1. The summed E-state index contributed by atoms with van der Waals surface area (Å²) in [5.41, 5.74) is 1.78. The summed E-state index contributed by atoms with van der Waals surface area (Å²) < 4.78 is 15.8. The van der Waals surface area contributed by atoms with Crippen LogP contribution < -0.4 is 10.2 Å². The number of pyridine rings is 1. The Balaban J connectivity index is 1.29. The Bertz CT molecular complexity index is 994. The van der Waals surface area contributed by atoms with Crippen LogP contribution in [0.15, 0.2) is 42.9 Å². The van der Waals surface area contributed by atoms with Crippen LogP contribution in [0.25, 0.3) is 10.9 Å². The van der Waals surface area contributed by atoms with Gasteiger partial charge in [-0.25, -0.2) is 9.37 Å². The molecule has 1 aliphatic heterocycles. The summed E-state index contributed by atoms with van der Waals surface area (Å²) in [5, 5.41) is 3.90. The predicted molar refractivity (Wildman–Crippen MR) is 111 cm³/mol. The Kier molecular flexibility index (Phi) is 5.74. The van der Waals surface area contributed by atoms with Crippen LogP contribution in [-0.2, 0) is 11.3 Å². The number of aryl methyl sites for hydroxylation is 2. The fourth-order valence-corrected chi connectivity index (χ4v) is 4.01. The molecular weight excluding hydrogens is 369 g/mol. The van der Waals surface area contributed by atoms with Gasteiger partial charge in [0.2, 0.25) is 5.91 Å². The maximum Gasteiger partial charge on any atom is 0.223 e. The van der Waals surface area contributed by atoms with E-state index in [1.807, 2.05) is 19.2 Å². The van der Waals surface area contributed by atoms with Crippen LogP contribution in [0.1, 0.15) is 25.1 Å². The molecule has 1 N–H and O–H groups in total. The van der Waals surface area contributed by atoms with Crippen molar-refractivity contribution >= 4 is 22.5 Å². The van der Waals surface area contributed by atoms with E-state index in [1.165, 1.54) is 6.07 Å². The minimum absolute atomic E-state index is 0.0334. The van der Waals surface area contributed by atoms with Gasteiger partial charge in [0, 0.05) is 61.8 Å². The Morgan fingerprint density at radius 3 is 2.79 bits per heavy atom. The van der Waals surface area contributed by atoms with Crippen molar-refractivity contribution in [2.45, 2.75) is 32.7 Å². The van der Waals surface area contributed by atoms with Gasteiger partial charge in [-0.2, -0.15) is 0 Å². The number of carbonyl (C=O) groups excluding carboxylic acids is 1. The second-order valence-corrected chi connectivity index (χ2v) is 7.57. The molecule has 1 fully saturated rings. The first-order chi connectivity index (χ1) is 14.1. The maximum atomic E-state index is 13.7. The van der Waals surface area contributed by atoms with Gasteiger partial charge < -0.3 is 14.8 Å². The molecule has 0 saturated carbocycles. The van der Waals surface area contributed by atoms with E-state index in [1.54, 1.807) is 24.5 Å². The van der Waals surface area contributed by atoms with Crippen LogP contribution in [0.5, 0.6) is 0 Å². The molecule has 0 aliphatic carbocycles. The normalized spacial score (nSPS) is 15.0. The number of aromatic nitrogens is 3. The quantitative estimate of drug-likeness (QED) is 0.651. The summed E-state index contributed by atoms with van der Waals surface area (Å²) in [6.07, 6.45) is 7.99. The molecule has 152 valence electrons. The lowest BCUT2D eigenvalue weighted by Crippen LogP contribution is -2.41. The molecule has 0 spiro atoms. The van der Waals surface area contributed by atoms with Crippen molar-refractivity contribution in [1.29, 1.82) is 0 Å². The Labute approximate surface area is 169 Å². The van der Waals surface area contributed by atoms with Crippen LogP contribution in [0, 0.1) is 18.7 Å². The lowest BCUT2D eigenvalue weighted by Gasteiger charge is -2.33. The molecule has 1 aliphatic rings. The van der Waals surface area contributed by atoms with E-state index in [4.69, 9.17) is 0 Å². The van der Waals surface area contributed by atoms with E-state index in [2.05, 4.69) is 24.8 Å². The summed E-state index contributed by atoms with van der Waals surface area (Å²) >= 11 is 0. The molecule has 0 bridgehead atoms. The zero-order chi connectivity index (χ0) is 20.2. The van der Waals surface area contributed by atoms with Crippen molar-refractivity contribution in [1.82, 2.24) is 19.9 Å². The molecule has 0 radical (unpaired) electrons. The number of nitrogens with one attached hydrogen (secondary N) is 1.